The Morgan fingerprint density at radius 1 is 1.22 bits per heavy atom. The second-order valence-electron chi connectivity index (χ2n) is 8.79. The first-order valence-electron chi connectivity index (χ1n) is 9.97. The van der Waals surface area contributed by atoms with Gasteiger partial charge in [0.15, 0.2) is 0 Å². The fourth-order valence-electron chi connectivity index (χ4n) is 4.09. The standard InChI is InChI=1S/C22H24F4N2O3S/c1-6-31-19(30)15-12-10-20(2,3)28-21(4,5)16(12)32-18(15)27-17(29)11-7-8-14(23)13(9-11)22(24,25)26/h7-9,28H,6,10H2,1-5H3,(H,27,29). The third-order valence-corrected chi connectivity index (χ3v) is 6.56. The molecule has 3 rings (SSSR count). The van der Waals surface area contributed by atoms with E-state index in [0.29, 0.717) is 18.6 Å². The van der Waals surface area contributed by atoms with Crippen LogP contribution in [0.3, 0.4) is 0 Å². The lowest BCUT2D eigenvalue weighted by molar-refractivity contribution is -0.140. The lowest BCUT2D eigenvalue weighted by Gasteiger charge is -2.42. The van der Waals surface area contributed by atoms with Crippen LogP contribution in [0.1, 0.15) is 71.3 Å². The fraction of sp³-hybridized carbons (Fsp3) is 0.455. The Morgan fingerprint density at radius 2 is 1.88 bits per heavy atom. The lowest BCUT2D eigenvalue weighted by atomic mass is 9.81. The number of carbonyl (C=O) groups excluding carboxylic acids is 2. The van der Waals surface area contributed by atoms with Gasteiger partial charge in [-0.1, -0.05) is 0 Å². The van der Waals surface area contributed by atoms with Crippen LogP contribution >= 0.6 is 11.3 Å². The highest BCUT2D eigenvalue weighted by atomic mass is 32.1. The van der Waals surface area contributed by atoms with Gasteiger partial charge in [0.05, 0.1) is 17.7 Å². The van der Waals surface area contributed by atoms with E-state index in [1.165, 1.54) is 11.3 Å². The number of rotatable bonds is 4. The van der Waals surface area contributed by atoms with Crippen molar-refractivity contribution in [3.05, 3.63) is 51.1 Å². The molecule has 0 radical (unpaired) electrons. The molecule has 2 N–H and O–H groups in total. The molecule has 0 saturated carbocycles. The summed E-state index contributed by atoms with van der Waals surface area (Å²) >= 11 is 1.17. The Labute approximate surface area is 187 Å². The number of hydrogen-bond donors (Lipinski definition) is 2. The van der Waals surface area contributed by atoms with E-state index in [1.54, 1.807) is 6.92 Å². The molecule has 10 heteroatoms. The van der Waals surface area contributed by atoms with Gasteiger partial charge in [-0.25, -0.2) is 9.18 Å². The molecule has 2 heterocycles. The van der Waals surface area contributed by atoms with Gasteiger partial charge in [0.25, 0.3) is 5.91 Å². The van der Waals surface area contributed by atoms with Crippen molar-refractivity contribution in [1.29, 1.82) is 0 Å². The van der Waals surface area contributed by atoms with Crippen molar-refractivity contribution in [3.63, 3.8) is 0 Å². The highest BCUT2D eigenvalue weighted by molar-refractivity contribution is 7.17. The molecule has 0 unspecified atom stereocenters. The molecule has 32 heavy (non-hydrogen) atoms. The van der Waals surface area contributed by atoms with Crippen molar-refractivity contribution in [2.75, 3.05) is 11.9 Å². The summed E-state index contributed by atoms with van der Waals surface area (Å²) in [5, 5.41) is 6.23. The summed E-state index contributed by atoms with van der Waals surface area (Å²) in [4.78, 5) is 26.4. The van der Waals surface area contributed by atoms with Gasteiger partial charge in [0.1, 0.15) is 10.8 Å². The number of ether oxygens (including phenoxy) is 1. The van der Waals surface area contributed by atoms with Crippen molar-refractivity contribution in [3.8, 4) is 0 Å². The predicted molar refractivity (Wildman–Crippen MR) is 114 cm³/mol. The maximum absolute atomic E-state index is 13.6. The molecule has 2 aromatic rings. The quantitative estimate of drug-likeness (QED) is 0.456. The smallest absolute Gasteiger partial charge is 0.419 e. The summed E-state index contributed by atoms with van der Waals surface area (Å²) in [7, 11) is 0. The summed E-state index contributed by atoms with van der Waals surface area (Å²) in [6, 6.07) is 2.02. The number of fused-ring (bicyclic) bond motifs is 1. The second-order valence-corrected chi connectivity index (χ2v) is 9.81. The molecular weight excluding hydrogens is 448 g/mol. The van der Waals surface area contributed by atoms with E-state index in [9.17, 15) is 27.2 Å². The van der Waals surface area contributed by atoms with E-state index < -0.39 is 35.0 Å². The zero-order valence-electron chi connectivity index (χ0n) is 18.3. The van der Waals surface area contributed by atoms with Gasteiger partial charge in [-0.15, -0.1) is 11.3 Å². The first-order chi connectivity index (χ1) is 14.7. The van der Waals surface area contributed by atoms with E-state index >= 15 is 0 Å². The minimum Gasteiger partial charge on any atom is -0.462 e. The van der Waals surface area contributed by atoms with E-state index in [0.717, 1.165) is 16.5 Å². The highest BCUT2D eigenvalue weighted by Crippen LogP contribution is 2.45. The Balaban J connectivity index is 2.06. The van der Waals surface area contributed by atoms with Gasteiger partial charge in [-0.05, 0) is 64.8 Å². The molecule has 174 valence electrons. The van der Waals surface area contributed by atoms with E-state index in [1.807, 2.05) is 27.7 Å². The minimum atomic E-state index is -4.94. The van der Waals surface area contributed by atoms with E-state index in [2.05, 4.69) is 10.6 Å². The third kappa shape index (κ3) is 4.66. The minimum absolute atomic E-state index is 0.120. The summed E-state index contributed by atoms with van der Waals surface area (Å²) in [6.07, 6.45) is -4.46. The number of benzene rings is 1. The van der Waals surface area contributed by atoms with Crippen LogP contribution in [0.2, 0.25) is 0 Å². The van der Waals surface area contributed by atoms with Crippen LogP contribution in [0.15, 0.2) is 18.2 Å². The largest absolute Gasteiger partial charge is 0.462 e. The third-order valence-electron chi connectivity index (χ3n) is 5.08. The van der Waals surface area contributed by atoms with Crippen LogP contribution in [-0.4, -0.2) is 24.0 Å². The number of halogens is 4. The number of esters is 1. The molecule has 0 spiro atoms. The number of carbonyl (C=O) groups is 2. The fourth-order valence-corrected chi connectivity index (χ4v) is 5.35. The molecule has 1 aromatic carbocycles. The van der Waals surface area contributed by atoms with Crippen molar-refractivity contribution in [2.24, 2.45) is 0 Å². The van der Waals surface area contributed by atoms with Gasteiger partial charge in [0.2, 0.25) is 0 Å². The van der Waals surface area contributed by atoms with Crippen LogP contribution in [0, 0.1) is 5.82 Å². The van der Waals surface area contributed by atoms with Crippen LogP contribution in [0.25, 0.3) is 0 Å². The summed E-state index contributed by atoms with van der Waals surface area (Å²) < 4.78 is 57.9. The Morgan fingerprint density at radius 3 is 2.47 bits per heavy atom. The molecule has 0 atom stereocenters. The molecule has 0 aliphatic carbocycles. The Kier molecular flexibility index (Phi) is 6.16. The first-order valence-corrected chi connectivity index (χ1v) is 10.8. The summed E-state index contributed by atoms with van der Waals surface area (Å²) in [5.41, 5.74) is -1.86. The van der Waals surface area contributed by atoms with Crippen LogP contribution in [0.5, 0.6) is 0 Å². The number of hydrogen-bond acceptors (Lipinski definition) is 5. The maximum atomic E-state index is 13.6. The van der Waals surface area contributed by atoms with Gasteiger partial charge < -0.3 is 15.4 Å². The Bertz CT molecular complexity index is 1070. The van der Waals surface area contributed by atoms with E-state index in [4.69, 9.17) is 4.74 Å². The normalized spacial score (nSPS) is 16.9. The molecule has 1 aliphatic rings. The zero-order chi connectivity index (χ0) is 24.1. The summed E-state index contributed by atoms with van der Waals surface area (Å²) in [6.45, 7) is 9.63. The molecule has 0 bridgehead atoms. The maximum Gasteiger partial charge on any atom is 0.419 e. The second kappa shape index (κ2) is 8.15. The number of nitrogens with one attached hydrogen (secondary N) is 2. The van der Waals surface area contributed by atoms with Crippen LogP contribution in [0.4, 0.5) is 22.6 Å². The topological polar surface area (TPSA) is 67.4 Å². The Hall–Kier alpha value is -2.46. The van der Waals surface area contributed by atoms with Gasteiger partial charge >= 0.3 is 12.1 Å². The average Bonchev–Trinajstić information content (AvgIpc) is 2.98. The number of alkyl halides is 3. The molecule has 0 saturated heterocycles. The zero-order valence-corrected chi connectivity index (χ0v) is 19.1. The van der Waals surface area contributed by atoms with Crippen LogP contribution in [-0.2, 0) is 22.9 Å². The number of anilines is 1. The average molecular weight is 473 g/mol. The van der Waals surface area contributed by atoms with Crippen molar-refractivity contribution < 1.29 is 31.9 Å². The summed E-state index contributed by atoms with van der Waals surface area (Å²) in [5.74, 6) is -2.98. The lowest BCUT2D eigenvalue weighted by Crippen LogP contribution is -2.55. The number of amides is 1. The van der Waals surface area contributed by atoms with Crippen molar-refractivity contribution in [1.82, 2.24) is 5.32 Å². The van der Waals surface area contributed by atoms with Crippen molar-refractivity contribution in [2.45, 2.75) is 58.3 Å². The molecule has 1 aromatic heterocycles. The van der Waals surface area contributed by atoms with Crippen LogP contribution < -0.4 is 10.6 Å². The van der Waals surface area contributed by atoms with Gasteiger partial charge in [-0.3, -0.25) is 4.79 Å². The molecule has 5 nitrogen and oxygen atoms in total. The number of thiophene rings is 1. The predicted octanol–water partition coefficient (Wildman–Crippen LogP) is 5.49. The van der Waals surface area contributed by atoms with Gasteiger partial charge in [0, 0.05) is 21.5 Å². The van der Waals surface area contributed by atoms with Gasteiger partial charge in [-0.2, -0.15) is 13.2 Å². The molecule has 1 aliphatic heterocycles. The van der Waals surface area contributed by atoms with E-state index in [-0.39, 0.29) is 28.3 Å². The monoisotopic (exact) mass is 472 g/mol. The highest BCUT2D eigenvalue weighted by Gasteiger charge is 2.42. The SMILES string of the molecule is CCOC(=O)c1c(NC(=O)c2ccc(F)c(C(F)(F)F)c2)sc2c1CC(C)(C)NC2(C)C. The molecular formula is C22H24F4N2O3S. The molecule has 0 fully saturated rings. The molecule has 1 amide bonds. The first kappa shape index (κ1) is 24.2. The van der Waals surface area contributed by atoms with Crippen molar-refractivity contribution >= 4 is 28.2 Å².